The number of amides is 1. The van der Waals surface area contributed by atoms with E-state index < -0.39 is 15.9 Å². The van der Waals surface area contributed by atoms with Crippen LogP contribution in [0.2, 0.25) is 5.02 Å². The van der Waals surface area contributed by atoms with Crippen LogP contribution in [0.5, 0.6) is 5.75 Å². The highest BCUT2D eigenvalue weighted by Gasteiger charge is 2.27. The fraction of sp³-hybridized carbons (Fsp3) is 0.208. The minimum absolute atomic E-state index is 0.0750. The molecule has 1 amide bonds. The molecule has 168 valence electrons. The summed E-state index contributed by atoms with van der Waals surface area (Å²) in [5, 5.41) is 3.25. The Balaban J connectivity index is 1.74. The molecule has 0 aliphatic carbocycles. The van der Waals surface area contributed by atoms with Crippen LogP contribution in [0.4, 0.5) is 5.69 Å². The van der Waals surface area contributed by atoms with Crippen molar-refractivity contribution in [3.63, 3.8) is 0 Å². The van der Waals surface area contributed by atoms with Gasteiger partial charge in [-0.05, 0) is 67.9 Å². The lowest BCUT2D eigenvalue weighted by atomic mass is 10.2. The molecule has 0 aliphatic rings. The molecule has 0 unspecified atom stereocenters. The molecule has 1 N–H and O–H groups in total. The van der Waals surface area contributed by atoms with Crippen molar-refractivity contribution in [2.45, 2.75) is 31.4 Å². The van der Waals surface area contributed by atoms with Crippen LogP contribution < -0.4 is 14.4 Å². The van der Waals surface area contributed by atoms with E-state index in [-0.39, 0.29) is 24.1 Å². The summed E-state index contributed by atoms with van der Waals surface area (Å²) in [6, 6.07) is 21.7. The molecular weight excluding hydrogens is 448 g/mol. The third kappa shape index (κ3) is 6.24. The summed E-state index contributed by atoms with van der Waals surface area (Å²) in [6.07, 6.45) is 0.0750. The van der Waals surface area contributed by atoms with Crippen molar-refractivity contribution in [2.24, 2.45) is 0 Å². The number of benzene rings is 3. The SMILES string of the molecule is CC(C)Oc1ccc(CNC(=O)CN(c2ccc(Cl)cc2)S(=O)(=O)c2ccccc2)cc1. The number of halogens is 1. The van der Waals surface area contributed by atoms with E-state index in [1.54, 1.807) is 42.5 Å². The van der Waals surface area contributed by atoms with Gasteiger partial charge in [-0.1, -0.05) is 41.9 Å². The van der Waals surface area contributed by atoms with Crippen LogP contribution in [-0.2, 0) is 21.4 Å². The van der Waals surface area contributed by atoms with Gasteiger partial charge in [0.2, 0.25) is 5.91 Å². The molecule has 0 saturated heterocycles. The number of nitrogens with one attached hydrogen (secondary N) is 1. The standard InChI is InChI=1S/C24H25ClN2O4S/c1-18(2)31-22-14-8-19(9-15-22)16-26-24(28)17-27(21-12-10-20(25)11-13-21)32(29,30)23-6-4-3-5-7-23/h3-15,18H,16-17H2,1-2H3,(H,26,28). The fourth-order valence-electron chi connectivity index (χ4n) is 2.99. The Labute approximate surface area is 193 Å². The Kier molecular flexibility index (Phi) is 7.77. The molecule has 3 aromatic carbocycles. The summed E-state index contributed by atoms with van der Waals surface area (Å²) in [5.74, 6) is 0.319. The largest absolute Gasteiger partial charge is 0.491 e. The molecule has 32 heavy (non-hydrogen) atoms. The van der Waals surface area contributed by atoms with Crippen molar-refractivity contribution in [3.05, 3.63) is 89.4 Å². The quantitative estimate of drug-likeness (QED) is 0.492. The van der Waals surface area contributed by atoms with Gasteiger partial charge < -0.3 is 10.1 Å². The van der Waals surface area contributed by atoms with Crippen LogP contribution in [0.1, 0.15) is 19.4 Å². The van der Waals surface area contributed by atoms with E-state index in [9.17, 15) is 13.2 Å². The molecule has 8 heteroatoms. The number of carbonyl (C=O) groups excluding carboxylic acids is 1. The smallest absolute Gasteiger partial charge is 0.264 e. The van der Waals surface area contributed by atoms with Gasteiger partial charge in [-0.3, -0.25) is 9.10 Å². The van der Waals surface area contributed by atoms with E-state index in [4.69, 9.17) is 16.3 Å². The average molecular weight is 473 g/mol. The molecule has 0 aromatic heterocycles. The first-order valence-corrected chi connectivity index (χ1v) is 11.9. The number of rotatable bonds is 9. The third-order valence-corrected chi connectivity index (χ3v) is 6.56. The first-order chi connectivity index (χ1) is 15.3. The van der Waals surface area contributed by atoms with E-state index in [1.165, 1.54) is 12.1 Å². The van der Waals surface area contributed by atoms with Gasteiger partial charge in [0.25, 0.3) is 10.0 Å². The Hall–Kier alpha value is -3.03. The van der Waals surface area contributed by atoms with Crippen LogP contribution in [0, 0.1) is 0 Å². The summed E-state index contributed by atoms with van der Waals surface area (Å²) in [7, 11) is -3.95. The first kappa shape index (κ1) is 23.6. The summed E-state index contributed by atoms with van der Waals surface area (Å²) < 4.78 is 33.2. The lowest BCUT2D eigenvalue weighted by Crippen LogP contribution is -2.40. The molecule has 0 aliphatic heterocycles. The lowest BCUT2D eigenvalue weighted by molar-refractivity contribution is -0.119. The van der Waals surface area contributed by atoms with Crippen molar-refractivity contribution in [3.8, 4) is 5.75 Å². The molecule has 3 rings (SSSR count). The van der Waals surface area contributed by atoms with Gasteiger partial charge in [-0.2, -0.15) is 0 Å². The van der Waals surface area contributed by atoms with Crippen molar-refractivity contribution in [2.75, 3.05) is 10.8 Å². The zero-order valence-corrected chi connectivity index (χ0v) is 19.4. The van der Waals surface area contributed by atoms with Crippen molar-refractivity contribution < 1.29 is 17.9 Å². The van der Waals surface area contributed by atoms with Crippen molar-refractivity contribution in [1.29, 1.82) is 0 Å². The third-order valence-electron chi connectivity index (χ3n) is 4.52. The van der Waals surface area contributed by atoms with Gasteiger partial charge in [0.05, 0.1) is 16.7 Å². The molecule has 0 saturated carbocycles. The van der Waals surface area contributed by atoms with Crippen LogP contribution in [0.25, 0.3) is 0 Å². The van der Waals surface area contributed by atoms with Crippen LogP contribution in [-0.4, -0.2) is 27.0 Å². The molecular formula is C24H25ClN2O4S. The minimum atomic E-state index is -3.95. The maximum Gasteiger partial charge on any atom is 0.264 e. The second-order valence-corrected chi connectivity index (χ2v) is 9.69. The second-order valence-electron chi connectivity index (χ2n) is 7.39. The highest BCUT2D eigenvalue weighted by atomic mass is 35.5. The first-order valence-electron chi connectivity index (χ1n) is 10.1. The minimum Gasteiger partial charge on any atom is -0.491 e. The second kappa shape index (κ2) is 10.5. The fourth-order valence-corrected chi connectivity index (χ4v) is 4.56. The summed E-state index contributed by atoms with van der Waals surface area (Å²) in [5.41, 5.74) is 1.22. The average Bonchev–Trinajstić information content (AvgIpc) is 2.78. The molecule has 0 radical (unpaired) electrons. The maximum absolute atomic E-state index is 13.3. The van der Waals surface area contributed by atoms with Crippen LogP contribution >= 0.6 is 11.6 Å². The number of anilines is 1. The predicted octanol–water partition coefficient (Wildman–Crippen LogP) is 4.64. The van der Waals surface area contributed by atoms with Crippen molar-refractivity contribution in [1.82, 2.24) is 5.32 Å². The Morgan fingerprint density at radius 2 is 1.59 bits per heavy atom. The van der Waals surface area contributed by atoms with Gasteiger partial charge in [-0.25, -0.2) is 8.42 Å². The Bertz CT molecular complexity index is 1130. The number of ether oxygens (including phenoxy) is 1. The van der Waals surface area contributed by atoms with E-state index in [2.05, 4.69) is 5.32 Å². The lowest BCUT2D eigenvalue weighted by Gasteiger charge is -2.24. The molecule has 3 aromatic rings. The molecule has 0 spiro atoms. The monoisotopic (exact) mass is 472 g/mol. The highest BCUT2D eigenvalue weighted by Crippen LogP contribution is 2.25. The summed E-state index contributed by atoms with van der Waals surface area (Å²) >= 11 is 5.95. The Morgan fingerprint density at radius 1 is 0.969 bits per heavy atom. The topological polar surface area (TPSA) is 75.7 Å². The zero-order chi connectivity index (χ0) is 23.1. The van der Waals surface area contributed by atoms with E-state index in [0.29, 0.717) is 10.7 Å². The van der Waals surface area contributed by atoms with Crippen molar-refractivity contribution >= 4 is 33.2 Å². The molecule has 0 bridgehead atoms. The van der Waals surface area contributed by atoms with Gasteiger partial charge in [-0.15, -0.1) is 0 Å². The number of carbonyl (C=O) groups is 1. The molecule has 6 nitrogen and oxygen atoms in total. The van der Waals surface area contributed by atoms with Gasteiger partial charge in [0.1, 0.15) is 12.3 Å². The zero-order valence-electron chi connectivity index (χ0n) is 17.9. The van der Waals surface area contributed by atoms with Gasteiger partial charge in [0.15, 0.2) is 0 Å². The highest BCUT2D eigenvalue weighted by molar-refractivity contribution is 7.92. The summed E-state index contributed by atoms with van der Waals surface area (Å²) in [6.45, 7) is 3.79. The molecule has 0 heterocycles. The predicted molar refractivity (Wildman–Crippen MR) is 126 cm³/mol. The number of hydrogen-bond donors (Lipinski definition) is 1. The number of sulfonamides is 1. The summed E-state index contributed by atoms with van der Waals surface area (Å²) in [4.78, 5) is 12.8. The van der Waals surface area contributed by atoms with E-state index in [1.807, 2.05) is 38.1 Å². The Morgan fingerprint density at radius 3 is 2.19 bits per heavy atom. The van der Waals surface area contributed by atoms with Crippen LogP contribution in [0.3, 0.4) is 0 Å². The molecule has 0 fully saturated rings. The van der Waals surface area contributed by atoms with E-state index >= 15 is 0 Å². The van der Waals surface area contributed by atoms with Crippen LogP contribution in [0.15, 0.2) is 83.8 Å². The van der Waals surface area contributed by atoms with Gasteiger partial charge in [0, 0.05) is 11.6 Å². The molecule has 0 atom stereocenters. The normalized spacial score (nSPS) is 11.2. The van der Waals surface area contributed by atoms with Gasteiger partial charge >= 0.3 is 0 Å². The maximum atomic E-state index is 13.3. The van der Waals surface area contributed by atoms with E-state index in [0.717, 1.165) is 15.6 Å². The number of nitrogens with zero attached hydrogens (tertiary/aromatic N) is 1. The number of hydrogen-bond acceptors (Lipinski definition) is 4.